The highest BCUT2D eigenvalue weighted by Gasteiger charge is 2.52. The maximum Gasteiger partial charge on any atom is 0.181 e. The highest BCUT2D eigenvalue weighted by molar-refractivity contribution is 7.23. The van der Waals surface area contributed by atoms with Crippen LogP contribution in [0.4, 0.5) is 0 Å². The van der Waals surface area contributed by atoms with Gasteiger partial charge in [0.2, 0.25) is 0 Å². The van der Waals surface area contributed by atoms with Crippen LogP contribution >= 0.6 is 0 Å². The second-order valence-electron chi connectivity index (χ2n) is 37.5. The molecular weight excluding hydrogens is 1810 g/mol. The van der Waals surface area contributed by atoms with E-state index in [-0.39, 0.29) is 0 Å². The number of nitrogens with zero attached hydrogens (tertiary/aromatic N) is 9. The fourth-order valence-corrected chi connectivity index (χ4v) is 36.6. The average molecular weight is 1900 g/mol. The molecule has 0 fully saturated rings. The van der Waals surface area contributed by atoms with Crippen molar-refractivity contribution in [1.82, 2.24) is 44.9 Å². The molecule has 21 aromatic carbocycles. The minimum absolute atomic E-state index is 0.654. The summed E-state index contributed by atoms with van der Waals surface area (Å²) in [5.74, 6) is 6.00. The first-order chi connectivity index (χ1) is 71.7. The summed E-state index contributed by atoms with van der Waals surface area (Å²) in [7, 11) is -7.59. The van der Waals surface area contributed by atoms with Crippen LogP contribution in [-0.2, 0) is 0 Å². The van der Waals surface area contributed by atoms with Gasteiger partial charge in [-0.1, -0.05) is 541 Å². The van der Waals surface area contributed by atoms with Gasteiger partial charge in [-0.25, -0.2) is 44.9 Å². The van der Waals surface area contributed by atoms with E-state index in [0.29, 0.717) is 52.4 Å². The first-order valence-corrected chi connectivity index (χ1v) is 56.4. The summed E-state index contributed by atoms with van der Waals surface area (Å²) in [5, 5.41) is 19.2. The van der Waals surface area contributed by atoms with Crippen molar-refractivity contribution in [2.75, 3.05) is 0 Å². The third kappa shape index (κ3) is 15.7. The number of rotatable bonds is 16. The Labute approximate surface area is 846 Å². The van der Waals surface area contributed by atoms with E-state index in [1.807, 2.05) is 72.8 Å². The molecule has 145 heavy (non-hydrogen) atoms. The summed E-state index contributed by atoms with van der Waals surface area (Å²) in [6, 6.07) is 188. The van der Waals surface area contributed by atoms with Crippen LogP contribution < -0.4 is 51.9 Å². The molecule has 0 atom stereocenters. The molecule has 0 unspecified atom stereocenters. The van der Waals surface area contributed by atoms with E-state index in [9.17, 15) is 0 Å². The second kappa shape index (κ2) is 37.8. The van der Waals surface area contributed by atoms with Gasteiger partial charge in [-0.3, -0.25) is 0 Å². The summed E-state index contributed by atoms with van der Waals surface area (Å²) in [6.07, 6.45) is 0. The highest BCUT2D eigenvalue weighted by atomic mass is 28.3. The summed E-state index contributed by atoms with van der Waals surface area (Å²) in [4.78, 5) is 46.7. The summed E-state index contributed by atoms with van der Waals surface area (Å²) >= 11 is 0. The molecule has 12 heteroatoms. The molecule has 3 aliphatic heterocycles. The van der Waals surface area contributed by atoms with Crippen molar-refractivity contribution in [2.45, 2.75) is 13.1 Å². The van der Waals surface area contributed by atoms with Crippen LogP contribution in [0.3, 0.4) is 0 Å². The van der Waals surface area contributed by atoms with Crippen LogP contribution in [0, 0.1) is 0 Å². The lowest BCUT2D eigenvalue weighted by Crippen LogP contribution is -2.73. The number of aromatic nitrogens is 9. The van der Waals surface area contributed by atoms with E-state index in [0.717, 1.165) is 83.5 Å². The van der Waals surface area contributed by atoms with Gasteiger partial charge in [-0.15, -0.1) is 0 Å². The Morgan fingerprint density at radius 3 is 0.786 bits per heavy atom. The molecule has 9 nitrogen and oxygen atoms in total. The normalized spacial score (nSPS) is 12.8. The molecular formula is C133H93N9Si3. The molecule has 6 heterocycles. The van der Waals surface area contributed by atoms with E-state index in [1.54, 1.807) is 0 Å². The lowest BCUT2D eigenvalue weighted by atomic mass is 9.93. The first kappa shape index (κ1) is 88.3. The van der Waals surface area contributed by atoms with Gasteiger partial charge in [0.1, 0.15) is 8.07 Å². The molecule has 0 aliphatic carbocycles. The molecule has 27 rings (SSSR count). The van der Waals surface area contributed by atoms with Gasteiger partial charge < -0.3 is 0 Å². The maximum absolute atomic E-state index is 5.38. The van der Waals surface area contributed by atoms with Crippen molar-refractivity contribution >= 4 is 97.6 Å². The quantitative estimate of drug-likeness (QED) is 0.0689. The van der Waals surface area contributed by atoms with Gasteiger partial charge in [-0.05, 0) is 140 Å². The van der Waals surface area contributed by atoms with Gasteiger partial charge in [0, 0.05) is 50.1 Å². The summed E-state index contributed by atoms with van der Waals surface area (Å²) in [6.45, 7) is 4.99. The Hall–Kier alpha value is -18.2. The zero-order valence-electron chi connectivity index (χ0n) is 79.8. The Balaban J connectivity index is 0.000000114. The van der Waals surface area contributed by atoms with Gasteiger partial charge in [-0.2, -0.15) is 0 Å². The van der Waals surface area contributed by atoms with Crippen LogP contribution in [0.1, 0.15) is 0 Å². The third-order valence-electron chi connectivity index (χ3n) is 29.0. The molecule has 3 aliphatic rings. The average Bonchev–Trinajstić information content (AvgIpc) is 1.53. The molecule has 682 valence electrons. The molecule has 0 N–H and O–H groups in total. The zero-order valence-corrected chi connectivity index (χ0v) is 82.8. The zero-order chi connectivity index (χ0) is 96.8. The van der Waals surface area contributed by atoms with Crippen LogP contribution in [0.5, 0.6) is 0 Å². The van der Waals surface area contributed by atoms with E-state index in [2.05, 4.69) is 468 Å². The van der Waals surface area contributed by atoms with Gasteiger partial charge in [0.25, 0.3) is 0 Å². The summed E-state index contributed by atoms with van der Waals surface area (Å²) < 4.78 is 0. The SMILES string of the molecule is C[Si]1(C)c2cc(-c3nc(-c4ccccc4)nc(-c4ccccc4-c4ccccc4)n3)ccc2-c2c1c1ccccc1c1ccccc21.c1ccc(-c2nc(-c3ccc4c(c3)[Si](c3ccccc3)(c3ccccc3)c3ccccc3-4)nc(-c3ccccc3-c3ccccc3)n2)cc1.c1ccc(-c2nc(-c3ccccc3-c3ccccc3)nc(-c3cccc4c3[Si](c3ccccc3)(c3ccccc3)c3ccccc3-4)n2)cc1. The second-order valence-corrected chi connectivity index (χ2v) is 49.2. The fourth-order valence-electron chi connectivity index (χ4n) is 22.6. The Kier molecular flexibility index (Phi) is 23.0. The van der Waals surface area contributed by atoms with Crippen LogP contribution in [0.15, 0.2) is 528 Å². The fraction of sp³-hybridized carbons (Fsp3) is 0.0150. The van der Waals surface area contributed by atoms with Gasteiger partial charge in [0.15, 0.2) is 68.6 Å². The topological polar surface area (TPSA) is 116 Å². The van der Waals surface area contributed by atoms with Crippen LogP contribution in [-0.4, -0.2) is 69.1 Å². The van der Waals surface area contributed by atoms with Crippen molar-refractivity contribution < 1.29 is 0 Å². The van der Waals surface area contributed by atoms with Gasteiger partial charge in [0.05, 0.1) is 0 Å². The van der Waals surface area contributed by atoms with Crippen molar-refractivity contribution in [3.8, 4) is 169 Å². The van der Waals surface area contributed by atoms with Crippen molar-refractivity contribution in [1.29, 1.82) is 0 Å². The lowest BCUT2D eigenvalue weighted by Gasteiger charge is -2.32. The van der Waals surface area contributed by atoms with Crippen molar-refractivity contribution in [2.24, 2.45) is 0 Å². The monoisotopic (exact) mass is 1900 g/mol. The summed E-state index contributed by atoms with van der Waals surface area (Å²) in [5.41, 5.74) is 23.4. The van der Waals surface area contributed by atoms with Crippen LogP contribution in [0.2, 0.25) is 13.1 Å². The van der Waals surface area contributed by atoms with Crippen LogP contribution in [0.25, 0.3) is 191 Å². The number of fused-ring (bicyclic) bond motifs is 14. The minimum atomic E-state index is -2.81. The predicted octanol–water partition coefficient (Wildman–Crippen LogP) is 25.4. The van der Waals surface area contributed by atoms with E-state index < -0.39 is 24.2 Å². The number of benzene rings is 21. The first-order valence-electron chi connectivity index (χ1n) is 49.4. The maximum atomic E-state index is 5.38. The van der Waals surface area contributed by atoms with Crippen molar-refractivity contribution in [3.05, 3.63) is 528 Å². The molecule has 0 amide bonds. The molecule has 3 aromatic heterocycles. The van der Waals surface area contributed by atoms with E-state index in [1.165, 1.54) is 107 Å². The lowest BCUT2D eigenvalue weighted by molar-refractivity contribution is 1.07. The number of hydrogen-bond donors (Lipinski definition) is 0. The smallest absolute Gasteiger partial charge is 0.181 e. The Morgan fingerprint density at radius 2 is 0.386 bits per heavy atom. The molecule has 0 saturated heterocycles. The largest absolute Gasteiger partial charge is 0.208 e. The molecule has 0 radical (unpaired) electrons. The Morgan fingerprint density at radius 1 is 0.138 bits per heavy atom. The highest BCUT2D eigenvalue weighted by Crippen LogP contribution is 2.44. The molecule has 0 spiro atoms. The predicted molar refractivity (Wildman–Crippen MR) is 607 cm³/mol. The van der Waals surface area contributed by atoms with E-state index in [4.69, 9.17) is 44.9 Å². The Bertz CT molecular complexity index is 8930. The molecule has 0 bridgehead atoms. The minimum Gasteiger partial charge on any atom is -0.208 e. The molecule has 24 aromatic rings. The van der Waals surface area contributed by atoms with Gasteiger partial charge >= 0.3 is 0 Å². The standard InChI is InChI=1S/2C45H31N3Si.C43H31N3Si/c1-5-18-32(19-6-1)36-26-13-14-28-39(36)44-46-43(33-20-7-2-8-21-33)47-45(48-44)40-30-17-29-38-37-27-15-16-31-41(37)49(42(38)40,34-22-9-3-10-23-34)35-24-11-4-12-25-35;1-5-17-32(18-6-1)37-25-13-14-27-40(37)45-47-43(33-19-7-2-8-20-33)46-44(48-45)34-29-30-39-38-26-15-16-28-41(38)49(42(39)31-34,35-21-9-3-10-22-35)36-23-11-4-12-24-36;1-47(2)38-27-30(25-26-37(38)39-34-22-12-10-20-32(34)33-21-11-13-23-35(33)40(39)47)42-44-41(29-17-7-4-8-18-29)45-43(46-42)36-24-14-9-19-31(36)28-15-5-3-6-16-28/h2*1-31H;3-27H,1-2H3. The van der Waals surface area contributed by atoms with E-state index >= 15 is 0 Å². The number of hydrogen-bond acceptors (Lipinski definition) is 9. The third-order valence-corrected chi connectivity index (χ3v) is 42.3. The molecule has 0 saturated carbocycles. The van der Waals surface area contributed by atoms with Crippen molar-refractivity contribution in [3.63, 3.8) is 0 Å².